The van der Waals surface area contributed by atoms with Crippen LogP contribution in [0.1, 0.15) is 61.8 Å². The Labute approximate surface area is 229 Å². The van der Waals surface area contributed by atoms with Crippen molar-refractivity contribution in [3.05, 3.63) is 64.6 Å². The summed E-state index contributed by atoms with van der Waals surface area (Å²) < 4.78 is 2.33. The van der Waals surface area contributed by atoms with Crippen molar-refractivity contribution in [1.29, 1.82) is 0 Å². The van der Waals surface area contributed by atoms with Gasteiger partial charge in [0.1, 0.15) is 11.3 Å². The third-order valence-electron chi connectivity index (χ3n) is 6.99. The van der Waals surface area contributed by atoms with E-state index in [1.807, 2.05) is 0 Å². The van der Waals surface area contributed by atoms with E-state index in [9.17, 15) is 0 Å². The highest BCUT2D eigenvalue weighted by atomic mass is 35.5. The number of imidazole rings is 1. The number of pyridine rings is 1. The minimum Gasteiger partial charge on any atom is -0.308 e. The lowest BCUT2D eigenvalue weighted by Crippen LogP contribution is -2.48. The van der Waals surface area contributed by atoms with Gasteiger partial charge in [-0.25, -0.2) is 9.97 Å². The Morgan fingerprint density at radius 2 is 1.67 bits per heavy atom. The van der Waals surface area contributed by atoms with E-state index in [0.717, 1.165) is 61.7 Å². The van der Waals surface area contributed by atoms with Crippen LogP contribution in [0.2, 0.25) is 0 Å². The third-order valence-corrected chi connectivity index (χ3v) is 6.99. The van der Waals surface area contributed by atoms with Crippen LogP contribution in [-0.2, 0) is 13.0 Å². The van der Waals surface area contributed by atoms with Crippen molar-refractivity contribution in [2.45, 2.75) is 66.5 Å². The smallest absolute Gasteiger partial charge is 0.160 e. The summed E-state index contributed by atoms with van der Waals surface area (Å²) in [7, 11) is 0. The van der Waals surface area contributed by atoms with Crippen LogP contribution in [0.5, 0.6) is 0 Å². The van der Waals surface area contributed by atoms with Gasteiger partial charge in [-0.1, -0.05) is 49.8 Å². The fraction of sp³-hybridized carbons (Fsp3) is 0.517. The second kappa shape index (κ2) is 14.1. The third kappa shape index (κ3) is 7.55. The Kier molecular flexibility index (Phi) is 11.9. The van der Waals surface area contributed by atoms with Crippen molar-refractivity contribution in [1.82, 2.24) is 24.3 Å². The highest BCUT2D eigenvalue weighted by Crippen LogP contribution is 2.22. The predicted molar refractivity (Wildman–Crippen MR) is 158 cm³/mol. The molecule has 0 radical (unpaired) electrons. The maximum absolute atomic E-state index is 4.99. The molecule has 0 atom stereocenters. The van der Waals surface area contributed by atoms with Crippen LogP contribution in [-0.4, -0.2) is 63.1 Å². The Hall–Kier alpha value is -1.92. The summed E-state index contributed by atoms with van der Waals surface area (Å²) in [6, 6.07) is 11.8. The zero-order valence-corrected chi connectivity index (χ0v) is 24.2. The lowest BCUT2D eigenvalue weighted by molar-refractivity contribution is 0.117. The summed E-state index contributed by atoms with van der Waals surface area (Å²) >= 11 is 0. The number of hydrogen-bond donors (Lipinski definition) is 0. The van der Waals surface area contributed by atoms with Gasteiger partial charge in [0.05, 0.1) is 6.54 Å². The molecule has 3 heterocycles. The first-order valence-electron chi connectivity index (χ1n) is 13.0. The van der Waals surface area contributed by atoms with E-state index in [-0.39, 0.29) is 24.8 Å². The Morgan fingerprint density at radius 1 is 0.972 bits per heavy atom. The zero-order valence-electron chi connectivity index (χ0n) is 22.5. The van der Waals surface area contributed by atoms with Crippen molar-refractivity contribution in [3.8, 4) is 0 Å². The lowest BCUT2D eigenvalue weighted by Gasteiger charge is -2.36. The average Bonchev–Trinajstić information content (AvgIpc) is 3.16. The summed E-state index contributed by atoms with van der Waals surface area (Å²) in [5, 5.41) is 0. The summed E-state index contributed by atoms with van der Waals surface area (Å²) in [4.78, 5) is 15.0. The molecule has 5 nitrogen and oxygen atoms in total. The number of hydrogen-bond acceptors (Lipinski definition) is 4. The first-order valence-corrected chi connectivity index (χ1v) is 13.0. The first kappa shape index (κ1) is 30.3. The van der Waals surface area contributed by atoms with Crippen LogP contribution in [0.4, 0.5) is 0 Å². The number of benzene rings is 1. The molecule has 1 saturated heterocycles. The lowest BCUT2D eigenvalue weighted by atomic mass is 10.1. The highest BCUT2D eigenvalue weighted by molar-refractivity contribution is 5.85. The average molecular weight is 533 g/mol. The van der Waals surface area contributed by atoms with Crippen molar-refractivity contribution in [3.63, 3.8) is 0 Å². The van der Waals surface area contributed by atoms with E-state index in [1.54, 1.807) is 0 Å². The largest absolute Gasteiger partial charge is 0.308 e. The summed E-state index contributed by atoms with van der Waals surface area (Å²) in [6.07, 6.45) is 7.88. The molecule has 0 N–H and O–H groups in total. The maximum Gasteiger partial charge on any atom is 0.160 e. The number of unbranched alkanes of at least 4 members (excludes halogenated alkanes) is 1. The van der Waals surface area contributed by atoms with Gasteiger partial charge >= 0.3 is 0 Å². The van der Waals surface area contributed by atoms with Gasteiger partial charge < -0.3 is 4.57 Å². The second-order valence-electron chi connectivity index (χ2n) is 10.0. The molecule has 0 aliphatic carbocycles. The number of fused-ring (bicyclic) bond motifs is 1. The van der Waals surface area contributed by atoms with Crippen molar-refractivity contribution in [2.24, 2.45) is 0 Å². The van der Waals surface area contributed by atoms with E-state index in [2.05, 4.69) is 91.5 Å². The van der Waals surface area contributed by atoms with Crippen molar-refractivity contribution < 1.29 is 0 Å². The zero-order chi connectivity index (χ0) is 24.1. The fourth-order valence-electron chi connectivity index (χ4n) is 4.86. The molecule has 1 fully saturated rings. The minimum absolute atomic E-state index is 0. The molecule has 1 aliphatic rings. The predicted octanol–water partition coefficient (Wildman–Crippen LogP) is 6.32. The second-order valence-corrected chi connectivity index (χ2v) is 10.0. The van der Waals surface area contributed by atoms with Crippen molar-refractivity contribution in [2.75, 3.05) is 32.7 Å². The molecule has 1 aliphatic heterocycles. The molecule has 7 heteroatoms. The summed E-state index contributed by atoms with van der Waals surface area (Å²) in [5.74, 6) is 1.15. The van der Waals surface area contributed by atoms with Gasteiger partial charge in [0.2, 0.25) is 0 Å². The van der Waals surface area contributed by atoms with Gasteiger partial charge in [0.25, 0.3) is 0 Å². The Morgan fingerprint density at radius 3 is 2.31 bits per heavy atom. The van der Waals surface area contributed by atoms with E-state index in [4.69, 9.17) is 9.97 Å². The molecule has 3 aromatic rings. The van der Waals surface area contributed by atoms with Crippen LogP contribution in [0.15, 0.2) is 36.4 Å². The molecule has 0 bridgehead atoms. The highest BCUT2D eigenvalue weighted by Gasteiger charge is 2.17. The monoisotopic (exact) mass is 531 g/mol. The topological polar surface area (TPSA) is 37.2 Å². The van der Waals surface area contributed by atoms with Crippen molar-refractivity contribution >= 4 is 42.1 Å². The molecule has 0 amide bonds. The van der Waals surface area contributed by atoms with E-state index in [1.165, 1.54) is 36.2 Å². The van der Waals surface area contributed by atoms with Crippen LogP contribution < -0.4 is 0 Å². The van der Waals surface area contributed by atoms with Gasteiger partial charge in [0.15, 0.2) is 5.65 Å². The first-order chi connectivity index (χ1) is 16.4. The molecule has 0 unspecified atom stereocenters. The van der Waals surface area contributed by atoms with Gasteiger partial charge in [0, 0.05) is 50.9 Å². The molecule has 0 saturated carbocycles. The Bertz CT molecular complexity index is 1110. The van der Waals surface area contributed by atoms with Gasteiger partial charge in [-0.3, -0.25) is 9.80 Å². The molecule has 4 rings (SSSR count). The number of aromatic nitrogens is 3. The number of piperazine rings is 1. The molecular formula is C29H43Cl2N5. The SMILES string of the molecule is CCCCc1nc2c(C)cc(C)nc2n1Cc1ccc(/C=C/CN2CCN(C(C)C)CC2)cc1.Cl.Cl. The fourth-order valence-corrected chi connectivity index (χ4v) is 4.86. The number of nitrogens with zero attached hydrogens (tertiary/aromatic N) is 5. The number of rotatable bonds is 9. The number of halogens is 2. The van der Waals surface area contributed by atoms with Gasteiger partial charge in [-0.15, -0.1) is 24.8 Å². The molecule has 198 valence electrons. The maximum atomic E-state index is 4.99. The van der Waals surface area contributed by atoms with Gasteiger partial charge in [-0.2, -0.15) is 0 Å². The minimum atomic E-state index is 0. The van der Waals surface area contributed by atoms with Crippen LogP contribution in [0.25, 0.3) is 17.2 Å². The molecule has 2 aromatic heterocycles. The van der Waals surface area contributed by atoms with E-state index in [0.29, 0.717) is 6.04 Å². The molecule has 36 heavy (non-hydrogen) atoms. The van der Waals surface area contributed by atoms with E-state index < -0.39 is 0 Å². The van der Waals surface area contributed by atoms with Crippen LogP contribution in [0.3, 0.4) is 0 Å². The number of aryl methyl sites for hydroxylation is 3. The Balaban J connectivity index is 0.00000228. The summed E-state index contributed by atoms with van der Waals surface area (Å²) in [6.45, 7) is 17.5. The molecule has 1 aromatic carbocycles. The van der Waals surface area contributed by atoms with Gasteiger partial charge in [-0.05, 0) is 56.9 Å². The van der Waals surface area contributed by atoms with Crippen LogP contribution >= 0.6 is 24.8 Å². The standard InChI is InChI=1S/C29H41N5.2ClH/c1-6-7-10-27-31-28-23(4)20-24(5)30-29(28)34(27)21-26-13-11-25(12-14-26)9-8-15-32-16-18-33(19-17-32)22(2)3;;/h8-9,11-14,20,22H,6-7,10,15-19,21H2,1-5H3;2*1H/b9-8+;;. The molecular weight excluding hydrogens is 489 g/mol. The normalized spacial score (nSPS) is 14.9. The quantitative estimate of drug-likeness (QED) is 0.323. The van der Waals surface area contributed by atoms with Crippen LogP contribution in [0, 0.1) is 13.8 Å². The van der Waals surface area contributed by atoms with E-state index >= 15 is 0 Å². The summed E-state index contributed by atoms with van der Waals surface area (Å²) in [5.41, 5.74) is 6.89. The molecule has 0 spiro atoms.